The molecule has 98 valence electrons. The highest BCUT2D eigenvalue weighted by Crippen LogP contribution is 2.29. The molecule has 0 unspecified atom stereocenters. The van der Waals surface area contributed by atoms with E-state index >= 15 is 0 Å². The second-order valence-electron chi connectivity index (χ2n) is 3.89. The Morgan fingerprint density at radius 2 is 2.26 bits per heavy atom. The van der Waals surface area contributed by atoms with Crippen LogP contribution in [0.25, 0.3) is 10.9 Å². The number of esters is 1. The molecule has 2 aromatic rings. The first kappa shape index (κ1) is 13.0. The molecule has 0 aliphatic heterocycles. The van der Waals surface area contributed by atoms with Crippen LogP contribution in [0, 0.1) is 11.3 Å². The van der Waals surface area contributed by atoms with Crippen molar-refractivity contribution in [3.63, 3.8) is 0 Å². The third-order valence-electron chi connectivity index (χ3n) is 2.82. The number of fused-ring (bicyclic) bond motifs is 1. The van der Waals surface area contributed by atoms with Gasteiger partial charge in [-0.15, -0.1) is 0 Å². The Kier molecular flexibility index (Phi) is 3.71. The minimum atomic E-state index is -0.434. The minimum absolute atomic E-state index is 0.0675. The zero-order valence-corrected chi connectivity index (χ0v) is 10.8. The Morgan fingerprint density at radius 1 is 1.47 bits per heavy atom. The number of hydrogen-bond acceptors (Lipinski definition) is 4. The van der Waals surface area contributed by atoms with Gasteiger partial charge in [0.1, 0.15) is 18.0 Å². The molecular formula is C14H14N2O3. The predicted molar refractivity (Wildman–Crippen MR) is 70.1 cm³/mol. The van der Waals surface area contributed by atoms with Crippen LogP contribution in [0.4, 0.5) is 0 Å². The number of para-hydroxylation sites is 1. The standard InChI is InChI=1S/C14H14N2O3/c1-3-19-14(17)11-9-10-5-4-6-12(18-2)13(10)16(11)8-7-15/h4-6,9H,3,8H2,1-2H3. The average Bonchev–Trinajstić information content (AvgIpc) is 2.78. The van der Waals surface area contributed by atoms with E-state index in [9.17, 15) is 4.79 Å². The summed E-state index contributed by atoms with van der Waals surface area (Å²) in [5.74, 6) is 0.194. The Bertz CT molecular complexity index is 652. The van der Waals surface area contributed by atoms with Gasteiger partial charge in [-0.3, -0.25) is 0 Å². The number of nitrogens with zero attached hydrogens (tertiary/aromatic N) is 2. The average molecular weight is 258 g/mol. The predicted octanol–water partition coefficient (Wildman–Crippen LogP) is 2.35. The molecule has 0 saturated carbocycles. The van der Waals surface area contributed by atoms with E-state index in [0.717, 1.165) is 10.9 Å². The van der Waals surface area contributed by atoms with Gasteiger partial charge < -0.3 is 14.0 Å². The van der Waals surface area contributed by atoms with E-state index in [0.29, 0.717) is 18.1 Å². The van der Waals surface area contributed by atoms with Gasteiger partial charge >= 0.3 is 5.97 Å². The van der Waals surface area contributed by atoms with Crippen molar-refractivity contribution in [2.24, 2.45) is 0 Å². The molecule has 5 nitrogen and oxygen atoms in total. The quantitative estimate of drug-likeness (QED) is 0.790. The molecule has 0 aliphatic carbocycles. The molecule has 5 heteroatoms. The van der Waals surface area contributed by atoms with Crippen molar-refractivity contribution >= 4 is 16.9 Å². The summed E-state index contributed by atoms with van der Waals surface area (Å²) in [5, 5.41) is 9.78. The van der Waals surface area contributed by atoms with Crippen molar-refractivity contribution in [3.8, 4) is 11.8 Å². The summed E-state index contributed by atoms with van der Waals surface area (Å²) in [6, 6.07) is 9.27. The van der Waals surface area contributed by atoms with E-state index in [1.165, 1.54) is 0 Å². The fraction of sp³-hybridized carbons (Fsp3) is 0.286. The van der Waals surface area contributed by atoms with Crippen LogP contribution in [0.15, 0.2) is 24.3 Å². The topological polar surface area (TPSA) is 64.2 Å². The van der Waals surface area contributed by atoms with Gasteiger partial charge in [-0.25, -0.2) is 4.79 Å². The third kappa shape index (κ3) is 2.25. The van der Waals surface area contributed by atoms with Crippen LogP contribution in [0.3, 0.4) is 0 Å². The van der Waals surface area contributed by atoms with Crippen LogP contribution in [0.1, 0.15) is 17.4 Å². The van der Waals surface area contributed by atoms with Crippen LogP contribution in [-0.4, -0.2) is 24.3 Å². The fourth-order valence-electron chi connectivity index (χ4n) is 2.06. The van der Waals surface area contributed by atoms with Gasteiger partial charge in [0, 0.05) is 5.39 Å². The van der Waals surface area contributed by atoms with Gasteiger partial charge in [0.2, 0.25) is 0 Å². The van der Waals surface area contributed by atoms with Gasteiger partial charge in [-0.1, -0.05) is 12.1 Å². The third-order valence-corrected chi connectivity index (χ3v) is 2.82. The van der Waals surface area contributed by atoms with E-state index in [4.69, 9.17) is 14.7 Å². The van der Waals surface area contributed by atoms with Gasteiger partial charge in [-0.2, -0.15) is 5.26 Å². The number of carbonyl (C=O) groups excluding carboxylic acids is 1. The number of carbonyl (C=O) groups is 1. The Labute approximate surface area is 111 Å². The van der Waals surface area contributed by atoms with Gasteiger partial charge in [0.05, 0.1) is 25.3 Å². The van der Waals surface area contributed by atoms with Crippen molar-refractivity contribution in [1.82, 2.24) is 4.57 Å². The highest BCUT2D eigenvalue weighted by atomic mass is 16.5. The second-order valence-corrected chi connectivity index (χ2v) is 3.89. The summed E-state index contributed by atoms with van der Waals surface area (Å²) in [6.45, 7) is 2.11. The number of benzene rings is 1. The molecule has 0 radical (unpaired) electrons. The number of hydrogen-bond donors (Lipinski definition) is 0. The van der Waals surface area contributed by atoms with Gasteiger partial charge in [0.15, 0.2) is 0 Å². The maximum absolute atomic E-state index is 11.9. The van der Waals surface area contributed by atoms with Crippen molar-refractivity contribution in [2.45, 2.75) is 13.5 Å². The molecule has 0 bridgehead atoms. The smallest absolute Gasteiger partial charge is 0.355 e. The van der Waals surface area contributed by atoms with Crippen molar-refractivity contribution in [1.29, 1.82) is 5.26 Å². The lowest BCUT2D eigenvalue weighted by atomic mass is 10.2. The largest absolute Gasteiger partial charge is 0.495 e. The van der Waals surface area contributed by atoms with Crippen molar-refractivity contribution in [3.05, 3.63) is 30.0 Å². The highest BCUT2D eigenvalue weighted by molar-refractivity contribution is 5.97. The molecule has 19 heavy (non-hydrogen) atoms. The molecule has 2 rings (SSSR count). The summed E-state index contributed by atoms with van der Waals surface area (Å²) in [7, 11) is 1.56. The molecule has 1 aromatic heterocycles. The molecule has 0 N–H and O–H groups in total. The molecule has 1 aromatic carbocycles. The normalized spacial score (nSPS) is 10.2. The molecule has 0 atom stereocenters. The number of ether oxygens (including phenoxy) is 2. The number of aromatic nitrogens is 1. The first-order valence-electron chi connectivity index (χ1n) is 5.93. The van der Waals surface area contributed by atoms with Crippen molar-refractivity contribution < 1.29 is 14.3 Å². The summed E-state index contributed by atoms with van der Waals surface area (Å²) < 4.78 is 11.9. The van der Waals surface area contributed by atoms with E-state index in [1.54, 1.807) is 30.7 Å². The van der Waals surface area contributed by atoms with E-state index in [2.05, 4.69) is 6.07 Å². The number of methoxy groups -OCH3 is 1. The monoisotopic (exact) mass is 258 g/mol. The number of nitriles is 1. The number of rotatable bonds is 4. The molecule has 0 amide bonds. The maximum Gasteiger partial charge on any atom is 0.355 e. The highest BCUT2D eigenvalue weighted by Gasteiger charge is 2.18. The van der Waals surface area contributed by atoms with Crippen LogP contribution in [-0.2, 0) is 11.3 Å². The zero-order chi connectivity index (χ0) is 13.8. The summed E-state index contributed by atoms with van der Waals surface area (Å²) >= 11 is 0. The minimum Gasteiger partial charge on any atom is -0.495 e. The van der Waals surface area contributed by atoms with Crippen LogP contribution < -0.4 is 4.74 Å². The zero-order valence-electron chi connectivity index (χ0n) is 10.8. The first-order valence-corrected chi connectivity index (χ1v) is 5.93. The van der Waals surface area contributed by atoms with E-state index in [1.807, 2.05) is 12.1 Å². The second kappa shape index (κ2) is 5.44. The van der Waals surface area contributed by atoms with E-state index in [-0.39, 0.29) is 6.54 Å². The van der Waals surface area contributed by atoms with Crippen LogP contribution in [0.5, 0.6) is 5.75 Å². The van der Waals surface area contributed by atoms with Crippen molar-refractivity contribution in [2.75, 3.05) is 13.7 Å². The van der Waals surface area contributed by atoms with Crippen LogP contribution >= 0.6 is 0 Å². The summed E-state index contributed by atoms with van der Waals surface area (Å²) in [4.78, 5) is 11.9. The Morgan fingerprint density at radius 3 is 2.89 bits per heavy atom. The van der Waals surface area contributed by atoms with Gasteiger partial charge in [-0.05, 0) is 19.1 Å². The lowest BCUT2D eigenvalue weighted by Crippen LogP contribution is -2.12. The maximum atomic E-state index is 11.9. The van der Waals surface area contributed by atoms with Gasteiger partial charge in [0.25, 0.3) is 0 Å². The van der Waals surface area contributed by atoms with E-state index < -0.39 is 5.97 Å². The lowest BCUT2D eigenvalue weighted by molar-refractivity contribution is 0.0515. The Hall–Kier alpha value is -2.48. The molecule has 0 aliphatic rings. The first-order chi connectivity index (χ1) is 9.22. The lowest BCUT2D eigenvalue weighted by Gasteiger charge is -2.08. The molecule has 0 fully saturated rings. The molecule has 1 heterocycles. The summed E-state index contributed by atoms with van der Waals surface area (Å²) in [5.41, 5.74) is 1.09. The molecule has 0 saturated heterocycles. The Balaban J connectivity index is 2.68. The van der Waals surface area contributed by atoms with Crippen LogP contribution in [0.2, 0.25) is 0 Å². The molecule has 0 spiro atoms. The summed E-state index contributed by atoms with van der Waals surface area (Å²) in [6.07, 6.45) is 0. The molecular weight excluding hydrogens is 244 g/mol. The fourth-order valence-corrected chi connectivity index (χ4v) is 2.06. The SMILES string of the molecule is CCOC(=O)c1cc2cccc(OC)c2n1CC#N.